The number of ether oxygens (including phenoxy) is 1. The van der Waals surface area contributed by atoms with E-state index in [1.54, 1.807) is 6.92 Å². The van der Waals surface area contributed by atoms with Crippen molar-refractivity contribution in [3.63, 3.8) is 0 Å². The summed E-state index contributed by atoms with van der Waals surface area (Å²) in [6, 6.07) is 5.59. The number of rotatable bonds is 3. The Balaban J connectivity index is 2.69. The minimum atomic E-state index is -0.442. The Hall–Kier alpha value is -1.20. The molecular weight excluding hydrogens is 304 g/mol. The van der Waals surface area contributed by atoms with Crippen LogP contribution in [0.15, 0.2) is 22.7 Å². The summed E-state index contributed by atoms with van der Waals surface area (Å²) >= 11 is 4.66. The maximum atomic E-state index is 11.7. The van der Waals surface area contributed by atoms with Crippen LogP contribution in [0.2, 0.25) is 0 Å². The van der Waals surface area contributed by atoms with E-state index in [0.717, 1.165) is 14.6 Å². The van der Waals surface area contributed by atoms with Gasteiger partial charge in [-0.25, -0.2) is 4.79 Å². The van der Waals surface area contributed by atoms with Gasteiger partial charge in [-0.15, -0.1) is 11.3 Å². The third-order valence-electron chi connectivity index (χ3n) is 2.28. The molecule has 0 aliphatic heterocycles. The molecule has 1 heterocycles. The van der Waals surface area contributed by atoms with Crippen molar-refractivity contribution >= 4 is 49.6 Å². The molecule has 2 aromatic rings. The lowest BCUT2D eigenvalue weighted by Crippen LogP contribution is -2.04. The highest BCUT2D eigenvalue weighted by atomic mass is 79.9. The molecule has 0 aliphatic carbocycles. The van der Waals surface area contributed by atoms with Gasteiger partial charge < -0.3 is 4.74 Å². The Morgan fingerprint density at radius 3 is 2.94 bits per heavy atom. The minimum absolute atomic E-state index is 0.298. The zero-order chi connectivity index (χ0) is 12.4. The van der Waals surface area contributed by atoms with Crippen molar-refractivity contribution in [2.45, 2.75) is 6.92 Å². The van der Waals surface area contributed by atoms with E-state index in [4.69, 9.17) is 4.74 Å². The summed E-state index contributed by atoms with van der Waals surface area (Å²) in [6.07, 6.45) is 0.704. The monoisotopic (exact) mass is 312 g/mol. The van der Waals surface area contributed by atoms with Crippen LogP contribution >= 0.6 is 27.3 Å². The maximum Gasteiger partial charge on any atom is 0.349 e. The predicted octanol–water partition coefficient (Wildman–Crippen LogP) is 3.65. The fourth-order valence-corrected chi connectivity index (χ4v) is 3.39. The van der Waals surface area contributed by atoms with Crippen LogP contribution in [0, 0.1) is 0 Å². The molecule has 5 heteroatoms. The van der Waals surface area contributed by atoms with Crippen LogP contribution in [-0.4, -0.2) is 18.9 Å². The number of fused-ring (bicyclic) bond motifs is 1. The molecule has 1 aromatic heterocycles. The van der Waals surface area contributed by atoms with E-state index in [9.17, 15) is 9.59 Å². The predicted molar refractivity (Wildman–Crippen MR) is 70.9 cm³/mol. The summed E-state index contributed by atoms with van der Waals surface area (Å²) in [4.78, 5) is 23.2. The molecule has 0 aliphatic rings. The van der Waals surface area contributed by atoms with Gasteiger partial charge in [-0.3, -0.25) is 4.79 Å². The SMILES string of the molecule is CCOC(=O)c1sc2cccc(Br)c2c1C=O. The van der Waals surface area contributed by atoms with Crippen molar-refractivity contribution in [1.29, 1.82) is 0 Å². The molecule has 0 saturated carbocycles. The van der Waals surface area contributed by atoms with Crippen LogP contribution < -0.4 is 0 Å². The van der Waals surface area contributed by atoms with Gasteiger partial charge in [0.1, 0.15) is 4.88 Å². The molecule has 17 heavy (non-hydrogen) atoms. The summed E-state index contributed by atoms with van der Waals surface area (Å²) in [5, 5.41) is 0.774. The van der Waals surface area contributed by atoms with Crippen LogP contribution in [0.5, 0.6) is 0 Å². The summed E-state index contributed by atoms with van der Waals surface area (Å²) in [5.74, 6) is -0.442. The number of hydrogen-bond acceptors (Lipinski definition) is 4. The lowest BCUT2D eigenvalue weighted by molar-refractivity contribution is 0.0530. The van der Waals surface area contributed by atoms with E-state index >= 15 is 0 Å². The molecule has 0 atom stereocenters. The third kappa shape index (κ3) is 2.12. The summed E-state index contributed by atoms with van der Waals surface area (Å²) in [6.45, 7) is 2.04. The topological polar surface area (TPSA) is 43.4 Å². The van der Waals surface area contributed by atoms with E-state index in [1.807, 2.05) is 18.2 Å². The number of aldehydes is 1. The van der Waals surface area contributed by atoms with Crippen molar-refractivity contribution in [3.8, 4) is 0 Å². The lowest BCUT2D eigenvalue weighted by atomic mass is 10.1. The second-order valence-electron chi connectivity index (χ2n) is 3.30. The molecule has 1 aromatic carbocycles. The highest BCUT2D eigenvalue weighted by Gasteiger charge is 2.20. The quantitative estimate of drug-likeness (QED) is 0.642. The minimum Gasteiger partial charge on any atom is -0.462 e. The fraction of sp³-hybridized carbons (Fsp3) is 0.167. The molecule has 0 radical (unpaired) electrons. The lowest BCUT2D eigenvalue weighted by Gasteiger charge is -1.99. The second kappa shape index (κ2) is 4.98. The first-order valence-corrected chi connectivity index (χ1v) is 6.63. The number of hydrogen-bond donors (Lipinski definition) is 0. The van der Waals surface area contributed by atoms with Gasteiger partial charge in [-0.2, -0.15) is 0 Å². The second-order valence-corrected chi connectivity index (χ2v) is 5.20. The van der Waals surface area contributed by atoms with Gasteiger partial charge in [0.25, 0.3) is 0 Å². The highest BCUT2D eigenvalue weighted by molar-refractivity contribution is 9.10. The van der Waals surface area contributed by atoms with Crippen molar-refractivity contribution in [2.75, 3.05) is 6.61 Å². The molecule has 88 valence electrons. The average molecular weight is 313 g/mol. The Kier molecular flexibility index (Phi) is 3.59. The first-order valence-electron chi connectivity index (χ1n) is 5.02. The van der Waals surface area contributed by atoms with Crippen LogP contribution in [0.1, 0.15) is 27.0 Å². The molecule has 0 N–H and O–H groups in total. The van der Waals surface area contributed by atoms with Crippen molar-refractivity contribution in [1.82, 2.24) is 0 Å². The molecule has 0 unspecified atom stereocenters. The average Bonchev–Trinajstić information content (AvgIpc) is 2.69. The van der Waals surface area contributed by atoms with Crippen LogP contribution in [0.4, 0.5) is 0 Å². The van der Waals surface area contributed by atoms with Crippen molar-refractivity contribution in [3.05, 3.63) is 33.1 Å². The van der Waals surface area contributed by atoms with Gasteiger partial charge in [-0.05, 0) is 19.1 Å². The number of thiophene rings is 1. The Morgan fingerprint density at radius 2 is 2.29 bits per heavy atom. The van der Waals surface area contributed by atoms with E-state index < -0.39 is 5.97 Å². The first kappa shape index (κ1) is 12.3. The number of carbonyl (C=O) groups excluding carboxylic acids is 2. The normalized spacial score (nSPS) is 10.5. The van der Waals surface area contributed by atoms with Gasteiger partial charge in [0.05, 0.1) is 6.61 Å². The van der Waals surface area contributed by atoms with Gasteiger partial charge >= 0.3 is 5.97 Å². The van der Waals surface area contributed by atoms with Gasteiger partial charge in [0.15, 0.2) is 6.29 Å². The fourth-order valence-electron chi connectivity index (χ4n) is 1.59. The number of esters is 1. The molecule has 2 rings (SSSR count). The molecule has 0 saturated heterocycles. The molecule has 0 fully saturated rings. The first-order chi connectivity index (χ1) is 8.19. The molecule has 0 bridgehead atoms. The largest absolute Gasteiger partial charge is 0.462 e. The number of carbonyl (C=O) groups is 2. The van der Waals surface area contributed by atoms with Gasteiger partial charge in [0, 0.05) is 20.1 Å². The van der Waals surface area contributed by atoms with Gasteiger partial charge in [0.2, 0.25) is 0 Å². The van der Waals surface area contributed by atoms with E-state index in [-0.39, 0.29) is 0 Å². The third-order valence-corrected chi connectivity index (χ3v) is 4.09. The van der Waals surface area contributed by atoms with Gasteiger partial charge in [-0.1, -0.05) is 22.0 Å². The van der Waals surface area contributed by atoms with Crippen LogP contribution in [0.3, 0.4) is 0 Å². The Morgan fingerprint density at radius 1 is 1.53 bits per heavy atom. The van der Waals surface area contributed by atoms with Crippen LogP contribution in [-0.2, 0) is 4.74 Å². The zero-order valence-electron chi connectivity index (χ0n) is 9.03. The highest BCUT2D eigenvalue weighted by Crippen LogP contribution is 2.35. The Labute approximate surface area is 111 Å². The summed E-state index contributed by atoms with van der Waals surface area (Å²) in [7, 11) is 0. The molecule has 0 amide bonds. The molecular formula is C12H9BrO3S. The van der Waals surface area contributed by atoms with E-state index in [2.05, 4.69) is 15.9 Å². The smallest absolute Gasteiger partial charge is 0.349 e. The summed E-state index contributed by atoms with van der Waals surface area (Å²) < 4.78 is 6.64. The van der Waals surface area contributed by atoms with E-state index in [1.165, 1.54) is 11.3 Å². The maximum absolute atomic E-state index is 11.7. The number of halogens is 1. The zero-order valence-corrected chi connectivity index (χ0v) is 11.4. The Bertz CT molecular complexity index is 589. The number of benzene rings is 1. The van der Waals surface area contributed by atoms with E-state index in [0.29, 0.717) is 23.3 Å². The molecule has 0 spiro atoms. The van der Waals surface area contributed by atoms with Crippen molar-refractivity contribution < 1.29 is 14.3 Å². The summed E-state index contributed by atoms with van der Waals surface area (Å²) in [5.41, 5.74) is 0.399. The standard InChI is InChI=1S/C12H9BrO3S/c1-2-16-12(15)11-7(6-14)10-8(13)4-3-5-9(10)17-11/h3-6H,2H2,1H3. The van der Waals surface area contributed by atoms with Crippen LogP contribution in [0.25, 0.3) is 10.1 Å². The molecule has 3 nitrogen and oxygen atoms in total. The van der Waals surface area contributed by atoms with Crippen molar-refractivity contribution in [2.24, 2.45) is 0 Å².